The molecule has 4 rings (SSSR count). The van der Waals surface area contributed by atoms with Gasteiger partial charge < -0.3 is 9.47 Å². The Morgan fingerprint density at radius 3 is 2.61 bits per heavy atom. The monoisotopic (exact) mass is 568 g/mol. The summed E-state index contributed by atoms with van der Waals surface area (Å²) in [4.78, 5) is 31.3. The van der Waals surface area contributed by atoms with Crippen molar-refractivity contribution in [2.75, 3.05) is 13.7 Å². The van der Waals surface area contributed by atoms with E-state index in [-0.39, 0.29) is 18.3 Å². The lowest BCUT2D eigenvalue weighted by Gasteiger charge is -2.11. The molecule has 1 aliphatic heterocycles. The highest BCUT2D eigenvalue weighted by atomic mass is 79.9. The van der Waals surface area contributed by atoms with Crippen LogP contribution in [0.1, 0.15) is 28.4 Å². The van der Waals surface area contributed by atoms with Crippen LogP contribution in [0.25, 0.3) is 6.08 Å². The summed E-state index contributed by atoms with van der Waals surface area (Å²) in [5.41, 5.74) is 2.14. The lowest BCUT2D eigenvalue weighted by Crippen LogP contribution is -2.23. The topological polar surface area (TPSA) is 68.2 Å². The number of hydrogen-bond acceptors (Lipinski definition) is 6. The summed E-state index contributed by atoms with van der Waals surface area (Å²) in [6.45, 7) is 2.11. The van der Waals surface area contributed by atoms with Crippen molar-refractivity contribution in [3.63, 3.8) is 0 Å². The molecule has 3 aromatic rings. The van der Waals surface area contributed by atoms with E-state index in [9.17, 15) is 14.0 Å². The fraction of sp³-hybridized carbons (Fsp3) is 0.148. The number of rotatable bonds is 7. The Morgan fingerprint density at radius 2 is 1.89 bits per heavy atom. The number of nitrogens with zero attached hydrogens (tertiary/aromatic N) is 2. The third kappa shape index (κ3) is 6.03. The summed E-state index contributed by atoms with van der Waals surface area (Å²) in [6.07, 6.45) is 1.73. The average molecular weight is 569 g/mol. The molecule has 0 aliphatic carbocycles. The van der Waals surface area contributed by atoms with Gasteiger partial charge in [0.2, 0.25) is 0 Å². The number of likely N-dealkylation sites (N-methyl/N-ethyl adjacent to an activating group) is 1. The Hall–Kier alpha value is -3.43. The van der Waals surface area contributed by atoms with Gasteiger partial charge in [0.1, 0.15) is 18.2 Å². The molecule has 1 heterocycles. The largest absolute Gasteiger partial charge is 0.488 e. The van der Waals surface area contributed by atoms with Gasteiger partial charge in [0.05, 0.1) is 22.8 Å². The first-order valence-corrected chi connectivity index (χ1v) is 12.7. The predicted molar refractivity (Wildman–Crippen MR) is 143 cm³/mol. The molecule has 1 saturated heterocycles. The molecular weight excluding hydrogens is 547 g/mol. The van der Waals surface area contributed by atoms with Crippen molar-refractivity contribution < 1.29 is 23.5 Å². The van der Waals surface area contributed by atoms with Crippen LogP contribution in [0.2, 0.25) is 0 Å². The highest BCUT2D eigenvalue weighted by Gasteiger charge is 2.30. The molecule has 0 aromatic heterocycles. The van der Waals surface area contributed by atoms with Gasteiger partial charge in [-0.3, -0.25) is 9.69 Å². The molecule has 0 atom stereocenters. The quantitative estimate of drug-likeness (QED) is 0.238. The number of carbonyl (C=O) groups excluding carboxylic acids is 2. The Balaban J connectivity index is 1.55. The lowest BCUT2D eigenvalue weighted by molar-refractivity contribution is -0.121. The Bertz CT molecular complexity index is 1360. The number of carbonyl (C=O) groups is 2. The smallest absolute Gasteiger partial charge is 0.338 e. The minimum Gasteiger partial charge on any atom is -0.488 e. The first-order chi connectivity index (χ1) is 17.4. The normalized spacial score (nSPS) is 15.6. The van der Waals surface area contributed by atoms with Crippen LogP contribution in [0.5, 0.6) is 5.75 Å². The van der Waals surface area contributed by atoms with Gasteiger partial charge in [0.25, 0.3) is 5.91 Å². The number of amides is 1. The molecule has 184 valence electrons. The number of amidine groups is 1. The third-order valence-electron chi connectivity index (χ3n) is 5.21. The first kappa shape index (κ1) is 25.7. The molecular formula is C27H22BrFN2O4S. The second kappa shape index (κ2) is 11.5. The van der Waals surface area contributed by atoms with Crippen molar-refractivity contribution in [2.24, 2.45) is 4.99 Å². The van der Waals surface area contributed by atoms with Crippen LogP contribution in [0, 0.1) is 5.82 Å². The van der Waals surface area contributed by atoms with Crippen LogP contribution >= 0.6 is 27.7 Å². The van der Waals surface area contributed by atoms with Gasteiger partial charge in [-0.25, -0.2) is 14.2 Å². The average Bonchev–Trinajstić information content (AvgIpc) is 3.12. The maximum atomic E-state index is 14.0. The number of hydrogen-bond donors (Lipinski definition) is 0. The van der Waals surface area contributed by atoms with Gasteiger partial charge >= 0.3 is 5.97 Å². The van der Waals surface area contributed by atoms with Crippen LogP contribution in [0.4, 0.5) is 10.1 Å². The van der Waals surface area contributed by atoms with E-state index in [1.165, 1.54) is 22.7 Å². The molecule has 36 heavy (non-hydrogen) atoms. The summed E-state index contributed by atoms with van der Waals surface area (Å²) in [6, 6.07) is 18.5. The standard InChI is InChI=1S/C27H22BrFN2O4S/c1-3-34-26(33)17-8-11-21(12-9-17)30-27-31(2)25(32)24(36-27)15-19-14-20(28)10-13-23(19)35-16-18-6-4-5-7-22(18)29/h4-15H,3,16H2,1-2H3/b24-15-,30-27?. The van der Waals surface area contributed by atoms with E-state index in [1.807, 2.05) is 12.1 Å². The van der Waals surface area contributed by atoms with Gasteiger partial charge in [-0.2, -0.15) is 0 Å². The minimum absolute atomic E-state index is 0.0555. The van der Waals surface area contributed by atoms with Crippen LogP contribution in [-0.2, 0) is 16.1 Å². The van der Waals surface area contributed by atoms with Gasteiger partial charge in [0, 0.05) is 22.6 Å². The summed E-state index contributed by atoms with van der Waals surface area (Å²) in [5, 5.41) is 0.499. The van der Waals surface area contributed by atoms with Crippen LogP contribution in [0.15, 0.2) is 81.1 Å². The summed E-state index contributed by atoms with van der Waals surface area (Å²) in [5.74, 6) is -0.424. The summed E-state index contributed by atoms with van der Waals surface area (Å²) in [7, 11) is 1.65. The Kier molecular flexibility index (Phi) is 8.22. The number of aliphatic imine (C=N–C) groups is 1. The number of thioether (sulfide) groups is 1. The lowest BCUT2D eigenvalue weighted by atomic mass is 10.1. The molecule has 3 aromatic carbocycles. The Labute approximate surface area is 220 Å². The van der Waals surface area contributed by atoms with E-state index in [1.54, 1.807) is 68.6 Å². The second-order valence-electron chi connectivity index (χ2n) is 7.70. The molecule has 0 spiro atoms. The molecule has 0 radical (unpaired) electrons. The third-order valence-corrected chi connectivity index (χ3v) is 6.76. The van der Waals surface area contributed by atoms with Gasteiger partial charge in [0.15, 0.2) is 5.17 Å². The summed E-state index contributed by atoms with van der Waals surface area (Å²) < 4.78 is 25.7. The number of esters is 1. The van der Waals surface area contributed by atoms with Crippen molar-refractivity contribution in [3.8, 4) is 5.75 Å². The maximum absolute atomic E-state index is 14.0. The molecule has 1 amide bonds. The molecule has 0 N–H and O–H groups in total. The fourth-order valence-corrected chi connectivity index (χ4v) is 4.68. The van der Waals surface area contributed by atoms with Gasteiger partial charge in [-0.05, 0) is 73.3 Å². The molecule has 9 heteroatoms. The minimum atomic E-state index is -0.397. The summed E-state index contributed by atoms with van der Waals surface area (Å²) >= 11 is 4.69. The van der Waals surface area contributed by atoms with E-state index in [0.717, 1.165) is 4.47 Å². The Morgan fingerprint density at radius 1 is 1.14 bits per heavy atom. The van der Waals surface area contributed by atoms with Gasteiger partial charge in [-0.15, -0.1) is 0 Å². The molecule has 0 bridgehead atoms. The molecule has 1 fully saturated rings. The van der Waals surface area contributed by atoms with E-state index in [2.05, 4.69) is 20.9 Å². The zero-order valence-electron chi connectivity index (χ0n) is 19.5. The van der Waals surface area contributed by atoms with Crippen molar-refractivity contribution >= 4 is 56.5 Å². The predicted octanol–water partition coefficient (Wildman–Crippen LogP) is 6.58. The number of ether oxygens (including phenoxy) is 2. The SMILES string of the molecule is CCOC(=O)c1ccc(N=C2S/C(=C\c3cc(Br)ccc3OCc3ccccc3F)C(=O)N2C)cc1. The molecule has 6 nitrogen and oxygen atoms in total. The molecule has 0 unspecified atom stereocenters. The van der Waals surface area contributed by atoms with Crippen molar-refractivity contribution in [1.82, 2.24) is 4.90 Å². The fourth-order valence-electron chi connectivity index (χ4n) is 3.32. The molecule has 1 aliphatic rings. The van der Waals surface area contributed by atoms with Crippen LogP contribution in [0.3, 0.4) is 0 Å². The highest BCUT2D eigenvalue weighted by molar-refractivity contribution is 9.10. The van der Waals surface area contributed by atoms with E-state index in [4.69, 9.17) is 9.47 Å². The number of halogens is 2. The van der Waals surface area contributed by atoms with Crippen molar-refractivity contribution in [1.29, 1.82) is 0 Å². The van der Waals surface area contributed by atoms with E-state index in [0.29, 0.717) is 44.8 Å². The van der Waals surface area contributed by atoms with E-state index >= 15 is 0 Å². The first-order valence-electron chi connectivity index (χ1n) is 11.0. The maximum Gasteiger partial charge on any atom is 0.338 e. The van der Waals surface area contributed by atoms with E-state index < -0.39 is 5.97 Å². The second-order valence-corrected chi connectivity index (χ2v) is 9.62. The zero-order valence-corrected chi connectivity index (χ0v) is 21.9. The van der Waals surface area contributed by atoms with Crippen LogP contribution in [-0.4, -0.2) is 35.6 Å². The zero-order chi connectivity index (χ0) is 25.7. The van der Waals surface area contributed by atoms with Gasteiger partial charge in [-0.1, -0.05) is 34.1 Å². The van der Waals surface area contributed by atoms with Crippen LogP contribution < -0.4 is 4.74 Å². The highest BCUT2D eigenvalue weighted by Crippen LogP contribution is 2.35. The number of benzene rings is 3. The molecule has 0 saturated carbocycles. The van der Waals surface area contributed by atoms with Crippen molar-refractivity contribution in [2.45, 2.75) is 13.5 Å². The van der Waals surface area contributed by atoms with Crippen molar-refractivity contribution in [3.05, 3.63) is 98.6 Å².